The van der Waals surface area contributed by atoms with Crippen LogP contribution in [0, 0.1) is 28.6 Å². The van der Waals surface area contributed by atoms with Gasteiger partial charge in [0.2, 0.25) is 0 Å². The van der Waals surface area contributed by atoms with E-state index in [1.807, 2.05) is 0 Å². The Kier molecular flexibility index (Phi) is 3.84. The standard InChI is InChI=1S/C18H35N/c1-13-7-14(2)9-15(8-13)18(19)11-16(3,4)10-17(5,6)12-18/h13-15H,7-12,19H2,1-6H3. The second kappa shape index (κ2) is 4.76. The van der Waals surface area contributed by atoms with Crippen molar-refractivity contribution >= 4 is 0 Å². The monoisotopic (exact) mass is 265 g/mol. The second-order valence-electron chi connectivity index (χ2n) is 9.71. The molecule has 19 heavy (non-hydrogen) atoms. The molecule has 1 heteroatoms. The summed E-state index contributed by atoms with van der Waals surface area (Å²) in [5, 5.41) is 0. The van der Waals surface area contributed by atoms with E-state index >= 15 is 0 Å². The third-order valence-corrected chi connectivity index (χ3v) is 5.56. The summed E-state index contributed by atoms with van der Waals surface area (Å²) in [7, 11) is 0. The molecule has 0 aromatic rings. The molecule has 112 valence electrons. The van der Waals surface area contributed by atoms with Gasteiger partial charge in [0.05, 0.1) is 0 Å². The summed E-state index contributed by atoms with van der Waals surface area (Å²) in [6.45, 7) is 14.5. The molecule has 0 spiro atoms. The van der Waals surface area contributed by atoms with Gasteiger partial charge in [-0.1, -0.05) is 41.5 Å². The lowest BCUT2D eigenvalue weighted by molar-refractivity contribution is -0.00471. The number of hydrogen-bond acceptors (Lipinski definition) is 1. The van der Waals surface area contributed by atoms with E-state index < -0.39 is 0 Å². The van der Waals surface area contributed by atoms with E-state index in [-0.39, 0.29) is 5.54 Å². The van der Waals surface area contributed by atoms with E-state index in [9.17, 15) is 0 Å². The fourth-order valence-electron chi connectivity index (χ4n) is 5.97. The Morgan fingerprint density at radius 1 is 0.737 bits per heavy atom. The first kappa shape index (κ1) is 15.4. The molecule has 2 fully saturated rings. The molecule has 0 aromatic carbocycles. The third-order valence-electron chi connectivity index (χ3n) is 5.56. The molecule has 2 saturated carbocycles. The van der Waals surface area contributed by atoms with Crippen molar-refractivity contribution in [3.8, 4) is 0 Å². The quantitative estimate of drug-likeness (QED) is 0.710. The highest BCUT2D eigenvalue weighted by atomic mass is 14.8. The molecule has 2 unspecified atom stereocenters. The Hall–Kier alpha value is -0.0400. The van der Waals surface area contributed by atoms with Crippen LogP contribution in [0.5, 0.6) is 0 Å². The highest BCUT2D eigenvalue weighted by molar-refractivity contribution is 5.05. The van der Waals surface area contributed by atoms with Crippen LogP contribution in [0.4, 0.5) is 0 Å². The Balaban J connectivity index is 2.20. The van der Waals surface area contributed by atoms with Crippen LogP contribution in [0.3, 0.4) is 0 Å². The third kappa shape index (κ3) is 3.54. The van der Waals surface area contributed by atoms with Gasteiger partial charge in [-0.25, -0.2) is 0 Å². The number of rotatable bonds is 1. The topological polar surface area (TPSA) is 26.0 Å². The molecule has 0 saturated heterocycles. The van der Waals surface area contributed by atoms with Crippen LogP contribution in [-0.2, 0) is 0 Å². The molecule has 2 rings (SSSR count). The molecular formula is C18H35N. The van der Waals surface area contributed by atoms with E-state index in [0.717, 1.165) is 17.8 Å². The van der Waals surface area contributed by atoms with Crippen LogP contribution in [0.2, 0.25) is 0 Å². The Bertz CT molecular complexity index is 303. The summed E-state index contributed by atoms with van der Waals surface area (Å²) in [5.41, 5.74) is 7.89. The lowest BCUT2D eigenvalue weighted by atomic mass is 9.53. The SMILES string of the molecule is CC1CC(C)CC(C2(N)CC(C)(C)CC(C)(C)C2)C1. The van der Waals surface area contributed by atoms with E-state index in [1.54, 1.807) is 0 Å². The Morgan fingerprint density at radius 3 is 1.58 bits per heavy atom. The molecule has 0 heterocycles. The van der Waals surface area contributed by atoms with Gasteiger partial charge in [-0.2, -0.15) is 0 Å². The van der Waals surface area contributed by atoms with Crippen molar-refractivity contribution in [3.63, 3.8) is 0 Å². The van der Waals surface area contributed by atoms with Crippen molar-refractivity contribution in [2.45, 2.75) is 85.6 Å². The predicted octanol–water partition coefficient (Wildman–Crippen LogP) is 4.99. The van der Waals surface area contributed by atoms with E-state index in [1.165, 1.54) is 38.5 Å². The van der Waals surface area contributed by atoms with Crippen LogP contribution in [0.1, 0.15) is 80.1 Å². The van der Waals surface area contributed by atoms with Gasteiger partial charge in [0.15, 0.2) is 0 Å². The Morgan fingerprint density at radius 2 is 1.16 bits per heavy atom. The van der Waals surface area contributed by atoms with Crippen LogP contribution in [0.15, 0.2) is 0 Å². The molecule has 0 aliphatic heterocycles. The fourth-order valence-corrected chi connectivity index (χ4v) is 5.97. The zero-order valence-electron chi connectivity index (χ0n) is 14.1. The van der Waals surface area contributed by atoms with Crippen LogP contribution in [-0.4, -0.2) is 5.54 Å². The van der Waals surface area contributed by atoms with Crippen molar-refractivity contribution in [3.05, 3.63) is 0 Å². The summed E-state index contributed by atoms with van der Waals surface area (Å²) in [6, 6.07) is 0. The minimum atomic E-state index is 0.0776. The highest BCUT2D eigenvalue weighted by Crippen LogP contribution is 2.54. The lowest BCUT2D eigenvalue weighted by Gasteiger charge is -2.55. The first-order valence-corrected chi connectivity index (χ1v) is 8.30. The van der Waals surface area contributed by atoms with Crippen molar-refractivity contribution in [1.29, 1.82) is 0 Å². The normalized spacial score (nSPS) is 40.9. The van der Waals surface area contributed by atoms with E-state index in [2.05, 4.69) is 41.5 Å². The van der Waals surface area contributed by atoms with Gasteiger partial charge in [-0.05, 0) is 67.1 Å². The maximum absolute atomic E-state index is 7.01. The van der Waals surface area contributed by atoms with Crippen LogP contribution < -0.4 is 5.73 Å². The van der Waals surface area contributed by atoms with E-state index in [0.29, 0.717) is 10.8 Å². The average Bonchev–Trinajstić information content (AvgIpc) is 2.09. The molecule has 0 aromatic heterocycles. The molecule has 0 bridgehead atoms. The fraction of sp³-hybridized carbons (Fsp3) is 1.00. The summed E-state index contributed by atoms with van der Waals surface area (Å²) in [6.07, 6.45) is 7.86. The van der Waals surface area contributed by atoms with Gasteiger partial charge in [-0.3, -0.25) is 0 Å². The smallest absolute Gasteiger partial charge is 0.0193 e. The largest absolute Gasteiger partial charge is 0.325 e. The van der Waals surface area contributed by atoms with Crippen molar-refractivity contribution in [1.82, 2.24) is 0 Å². The molecular weight excluding hydrogens is 230 g/mol. The van der Waals surface area contributed by atoms with Crippen molar-refractivity contribution in [2.75, 3.05) is 0 Å². The Labute approximate surface area is 120 Å². The maximum Gasteiger partial charge on any atom is 0.0193 e. The molecule has 1 nitrogen and oxygen atoms in total. The predicted molar refractivity (Wildman–Crippen MR) is 84.0 cm³/mol. The van der Waals surface area contributed by atoms with Gasteiger partial charge in [-0.15, -0.1) is 0 Å². The molecule has 2 aliphatic rings. The minimum absolute atomic E-state index is 0.0776. The summed E-state index contributed by atoms with van der Waals surface area (Å²) < 4.78 is 0. The second-order valence-corrected chi connectivity index (χ2v) is 9.71. The highest BCUT2D eigenvalue weighted by Gasteiger charge is 2.49. The van der Waals surface area contributed by atoms with E-state index in [4.69, 9.17) is 5.73 Å². The zero-order chi connectivity index (χ0) is 14.5. The molecule has 0 radical (unpaired) electrons. The van der Waals surface area contributed by atoms with Gasteiger partial charge in [0.25, 0.3) is 0 Å². The molecule has 2 aliphatic carbocycles. The molecule has 2 atom stereocenters. The maximum atomic E-state index is 7.01. The summed E-state index contributed by atoms with van der Waals surface area (Å²) >= 11 is 0. The van der Waals surface area contributed by atoms with Gasteiger partial charge >= 0.3 is 0 Å². The van der Waals surface area contributed by atoms with Gasteiger partial charge < -0.3 is 5.73 Å². The zero-order valence-corrected chi connectivity index (χ0v) is 14.1. The minimum Gasteiger partial charge on any atom is -0.325 e. The molecule has 2 N–H and O–H groups in total. The van der Waals surface area contributed by atoms with Gasteiger partial charge in [0.1, 0.15) is 0 Å². The summed E-state index contributed by atoms with van der Waals surface area (Å²) in [4.78, 5) is 0. The number of nitrogens with two attached hydrogens (primary N) is 1. The van der Waals surface area contributed by atoms with Crippen molar-refractivity contribution < 1.29 is 0 Å². The first-order chi connectivity index (χ1) is 8.51. The summed E-state index contributed by atoms with van der Waals surface area (Å²) in [5.74, 6) is 2.47. The first-order valence-electron chi connectivity index (χ1n) is 8.30. The molecule has 0 amide bonds. The lowest BCUT2D eigenvalue weighted by Crippen LogP contribution is -2.57. The van der Waals surface area contributed by atoms with Crippen molar-refractivity contribution in [2.24, 2.45) is 34.3 Å². The van der Waals surface area contributed by atoms with Gasteiger partial charge in [0, 0.05) is 5.54 Å². The number of hydrogen-bond donors (Lipinski definition) is 1. The van der Waals surface area contributed by atoms with Crippen LogP contribution in [0.25, 0.3) is 0 Å². The average molecular weight is 265 g/mol. The van der Waals surface area contributed by atoms with Crippen LogP contribution >= 0.6 is 0 Å².